The molecule has 4 heteroatoms. The van der Waals surface area contributed by atoms with E-state index in [1.165, 1.54) is 11.4 Å². The van der Waals surface area contributed by atoms with Crippen molar-refractivity contribution < 1.29 is 9.68 Å². The highest BCUT2D eigenvalue weighted by Gasteiger charge is 2.76. The van der Waals surface area contributed by atoms with E-state index in [0.717, 1.165) is 25.7 Å². The van der Waals surface area contributed by atoms with E-state index in [0.29, 0.717) is 23.7 Å². The summed E-state index contributed by atoms with van der Waals surface area (Å²) in [7, 11) is 0. The van der Waals surface area contributed by atoms with Crippen molar-refractivity contribution in [2.45, 2.75) is 106 Å². The zero-order valence-electron chi connectivity index (χ0n) is 20.3. The van der Waals surface area contributed by atoms with Gasteiger partial charge in [0.2, 0.25) is 0 Å². The van der Waals surface area contributed by atoms with Crippen LogP contribution in [0.3, 0.4) is 0 Å². The molecule has 0 unspecified atom stereocenters. The Kier molecular flexibility index (Phi) is 4.39. The van der Waals surface area contributed by atoms with Crippen LogP contribution in [-0.4, -0.2) is 22.6 Å². The molecule has 0 aromatic rings. The Labute approximate surface area is 177 Å². The summed E-state index contributed by atoms with van der Waals surface area (Å²) in [6, 6.07) is 0. The Bertz CT molecular complexity index is 683. The van der Waals surface area contributed by atoms with Crippen LogP contribution < -0.4 is 0 Å². The number of nitrogens with zero attached hydrogens (tertiary/aromatic N) is 2. The molecule has 2 aliphatic carbocycles. The average molecular weight is 403 g/mol. The minimum Gasteiger partial charge on any atom is -0.388 e. The number of oxime groups is 2. The second-order valence-electron chi connectivity index (χ2n) is 12.0. The van der Waals surface area contributed by atoms with Gasteiger partial charge < -0.3 is 9.68 Å². The van der Waals surface area contributed by atoms with Crippen molar-refractivity contribution in [3.8, 4) is 0 Å². The topological polar surface area (TPSA) is 43.2 Å². The maximum atomic E-state index is 6.44. The SMILES string of the molecule is CC(C)C1(C(C)C)ON=C2C3(CC[C@]21C)CC[C@]1(C)C3=NOC1(C(C)C)C(C)C. The third-order valence-electron chi connectivity index (χ3n) is 9.79. The maximum Gasteiger partial charge on any atom is 0.152 e. The van der Waals surface area contributed by atoms with Crippen molar-refractivity contribution in [3.05, 3.63) is 0 Å². The van der Waals surface area contributed by atoms with Crippen molar-refractivity contribution >= 4 is 11.4 Å². The van der Waals surface area contributed by atoms with Crippen LogP contribution in [0.5, 0.6) is 0 Å². The highest BCUT2D eigenvalue weighted by Crippen LogP contribution is 2.70. The molecule has 4 rings (SSSR count). The van der Waals surface area contributed by atoms with E-state index in [-0.39, 0.29) is 27.4 Å². The molecular weight excluding hydrogens is 360 g/mol. The van der Waals surface area contributed by atoms with Crippen LogP contribution in [0.25, 0.3) is 0 Å². The average Bonchev–Trinajstić information content (AvgIpc) is 3.26. The fraction of sp³-hybridized carbons (Fsp3) is 0.920. The van der Waals surface area contributed by atoms with Gasteiger partial charge in [0.25, 0.3) is 0 Å². The van der Waals surface area contributed by atoms with Crippen LogP contribution >= 0.6 is 0 Å². The number of fused-ring (bicyclic) bond motifs is 4. The van der Waals surface area contributed by atoms with Gasteiger partial charge in [-0.15, -0.1) is 0 Å². The molecule has 0 aromatic carbocycles. The third-order valence-corrected chi connectivity index (χ3v) is 9.79. The van der Waals surface area contributed by atoms with Gasteiger partial charge in [-0.3, -0.25) is 0 Å². The van der Waals surface area contributed by atoms with E-state index in [2.05, 4.69) is 69.2 Å². The van der Waals surface area contributed by atoms with Gasteiger partial charge >= 0.3 is 0 Å². The maximum absolute atomic E-state index is 6.44. The first-order valence-corrected chi connectivity index (χ1v) is 11.9. The van der Waals surface area contributed by atoms with E-state index in [9.17, 15) is 0 Å². The van der Waals surface area contributed by atoms with Crippen LogP contribution in [-0.2, 0) is 9.68 Å². The van der Waals surface area contributed by atoms with Gasteiger partial charge in [-0.25, -0.2) is 0 Å². The summed E-state index contributed by atoms with van der Waals surface area (Å²) in [6.45, 7) is 23.2. The number of rotatable bonds is 4. The first-order chi connectivity index (χ1) is 13.4. The molecule has 4 aliphatic rings. The van der Waals surface area contributed by atoms with Crippen molar-refractivity contribution in [1.29, 1.82) is 0 Å². The smallest absolute Gasteiger partial charge is 0.152 e. The molecule has 2 saturated carbocycles. The molecule has 29 heavy (non-hydrogen) atoms. The fourth-order valence-corrected chi connectivity index (χ4v) is 8.81. The first-order valence-electron chi connectivity index (χ1n) is 11.9. The summed E-state index contributed by atoms with van der Waals surface area (Å²) < 4.78 is 0. The summed E-state index contributed by atoms with van der Waals surface area (Å²) in [5.41, 5.74) is 1.90. The highest BCUT2D eigenvalue weighted by molar-refractivity contribution is 6.19. The van der Waals surface area contributed by atoms with E-state index < -0.39 is 0 Å². The van der Waals surface area contributed by atoms with E-state index in [1.54, 1.807) is 0 Å². The van der Waals surface area contributed by atoms with Gasteiger partial charge in [0.05, 0.1) is 27.7 Å². The van der Waals surface area contributed by atoms with E-state index >= 15 is 0 Å². The van der Waals surface area contributed by atoms with Gasteiger partial charge in [0, 0.05) is 0 Å². The molecular formula is C25H42N2O2. The summed E-state index contributed by atoms with van der Waals surface area (Å²) in [6.07, 6.45) is 4.48. The van der Waals surface area contributed by atoms with Gasteiger partial charge in [0.1, 0.15) is 0 Å². The molecule has 2 aliphatic heterocycles. The van der Waals surface area contributed by atoms with E-state index in [4.69, 9.17) is 20.0 Å². The van der Waals surface area contributed by atoms with Crippen molar-refractivity contribution in [1.82, 2.24) is 0 Å². The second kappa shape index (κ2) is 6.01. The molecule has 4 nitrogen and oxygen atoms in total. The minimum atomic E-state index is -0.238. The molecule has 2 fully saturated rings. The van der Waals surface area contributed by atoms with Crippen molar-refractivity contribution in [2.75, 3.05) is 0 Å². The molecule has 0 N–H and O–H groups in total. The van der Waals surface area contributed by atoms with Crippen molar-refractivity contribution in [3.63, 3.8) is 0 Å². The molecule has 0 bridgehead atoms. The molecule has 0 aromatic heterocycles. The lowest BCUT2D eigenvalue weighted by atomic mass is 9.58. The standard InChI is InChI=1S/C25H42N2O2/c1-15(2)24(16(3)4)21(9)11-13-23(19(21)26-28-24)14-12-22(10)20(23)27-29-25(22,17(5)6)18(7)8/h15-18H,11-14H2,1-10H3/t21-,22-,23?/m1/s1. The Balaban J connectivity index is 1.81. The quantitative estimate of drug-likeness (QED) is 0.542. The Hall–Kier alpha value is -1.06. The van der Waals surface area contributed by atoms with Gasteiger partial charge in [-0.2, -0.15) is 0 Å². The fourth-order valence-electron chi connectivity index (χ4n) is 8.81. The Morgan fingerprint density at radius 3 is 1.17 bits per heavy atom. The second-order valence-corrected chi connectivity index (χ2v) is 12.0. The van der Waals surface area contributed by atoms with E-state index in [1.807, 2.05) is 0 Å². The van der Waals surface area contributed by atoms with Crippen LogP contribution in [0, 0.1) is 39.9 Å². The lowest BCUT2D eigenvalue weighted by molar-refractivity contribution is -0.142. The van der Waals surface area contributed by atoms with Crippen LogP contribution in [0.1, 0.15) is 94.9 Å². The predicted molar refractivity (Wildman–Crippen MR) is 119 cm³/mol. The van der Waals surface area contributed by atoms with Crippen molar-refractivity contribution in [2.24, 2.45) is 50.2 Å². The predicted octanol–water partition coefficient (Wildman–Crippen LogP) is 6.45. The monoisotopic (exact) mass is 402 g/mol. The molecule has 2 heterocycles. The lowest BCUT2D eigenvalue weighted by Crippen LogP contribution is -2.57. The molecule has 0 amide bonds. The minimum absolute atomic E-state index is 0.0377. The normalized spacial score (nSPS) is 35.9. The third kappa shape index (κ3) is 2.03. The van der Waals surface area contributed by atoms with Crippen LogP contribution in [0.4, 0.5) is 0 Å². The zero-order chi connectivity index (χ0) is 21.6. The largest absolute Gasteiger partial charge is 0.388 e. The lowest BCUT2D eigenvalue weighted by Gasteiger charge is -2.46. The van der Waals surface area contributed by atoms with Gasteiger partial charge in [0.15, 0.2) is 11.2 Å². The number of hydrogen-bond donors (Lipinski definition) is 0. The summed E-state index contributed by atoms with van der Waals surface area (Å²) in [5.74, 6) is 1.63. The Morgan fingerprint density at radius 2 is 0.897 bits per heavy atom. The molecule has 2 atom stereocenters. The highest BCUT2D eigenvalue weighted by atomic mass is 16.7. The Morgan fingerprint density at radius 1 is 0.586 bits per heavy atom. The van der Waals surface area contributed by atoms with Gasteiger partial charge in [-0.1, -0.05) is 79.5 Å². The zero-order valence-corrected chi connectivity index (χ0v) is 20.3. The number of hydrogen-bond acceptors (Lipinski definition) is 4. The molecule has 1 spiro atoms. The molecule has 0 radical (unpaired) electrons. The summed E-state index contributed by atoms with van der Waals surface area (Å²) in [4.78, 5) is 12.9. The molecule has 164 valence electrons. The van der Waals surface area contributed by atoms with Crippen LogP contribution in [0.2, 0.25) is 0 Å². The van der Waals surface area contributed by atoms with Gasteiger partial charge in [-0.05, 0) is 49.4 Å². The van der Waals surface area contributed by atoms with Crippen LogP contribution in [0.15, 0.2) is 10.3 Å². The summed E-state index contributed by atoms with van der Waals surface area (Å²) >= 11 is 0. The molecule has 0 saturated heterocycles. The summed E-state index contributed by atoms with van der Waals surface area (Å²) in [5, 5.41) is 9.82. The first kappa shape index (κ1) is 21.2.